The lowest BCUT2D eigenvalue weighted by atomic mass is 9.89. The maximum Gasteiger partial charge on any atom is 0.297 e. The zero-order chi connectivity index (χ0) is 23.8. The first kappa shape index (κ1) is 22.6. The van der Waals surface area contributed by atoms with Crippen LogP contribution in [-0.4, -0.2) is 38.9 Å². The Bertz CT molecular complexity index is 1780. The fraction of sp³-hybridized carbons (Fsp3) is 0.100. The van der Waals surface area contributed by atoms with Crippen LogP contribution in [0.1, 0.15) is 12.5 Å². The van der Waals surface area contributed by atoms with Gasteiger partial charge < -0.3 is 0 Å². The fourth-order valence-electron chi connectivity index (χ4n) is 4.20. The van der Waals surface area contributed by atoms with Gasteiger partial charge in [0.25, 0.3) is 30.4 Å². The zero-order valence-electron chi connectivity index (χ0n) is 16.4. The molecule has 0 spiro atoms. The number of allylic oxidation sites excluding steroid dienone is 1. The highest BCUT2D eigenvalue weighted by molar-refractivity contribution is 7.90. The van der Waals surface area contributed by atoms with E-state index in [4.69, 9.17) is 0 Å². The van der Waals surface area contributed by atoms with Gasteiger partial charge in [0, 0.05) is 16.2 Å². The van der Waals surface area contributed by atoms with Gasteiger partial charge in [0.15, 0.2) is 0 Å². The summed E-state index contributed by atoms with van der Waals surface area (Å²) in [5.74, 6) is 0. The molecule has 0 heterocycles. The largest absolute Gasteiger partial charge is 0.297 e. The van der Waals surface area contributed by atoms with E-state index in [1.165, 1.54) is 12.1 Å². The molecule has 9 nitrogen and oxygen atoms in total. The Kier molecular flexibility index (Phi) is 4.90. The molecule has 12 heteroatoms. The maximum absolute atomic E-state index is 12.4. The molecule has 0 aliphatic heterocycles. The third kappa shape index (κ3) is 3.45. The number of benzene rings is 4. The summed E-state index contributed by atoms with van der Waals surface area (Å²) in [5, 5.41) is 0.944. The van der Waals surface area contributed by atoms with Gasteiger partial charge >= 0.3 is 0 Å². The highest BCUT2D eigenvalue weighted by Gasteiger charge is 2.38. The second-order valence-corrected chi connectivity index (χ2v) is 11.6. The molecular formula is C20H16O9S3. The zero-order valence-corrected chi connectivity index (χ0v) is 18.8. The molecule has 4 rings (SSSR count). The molecule has 4 aromatic rings. The lowest BCUT2D eigenvalue weighted by molar-refractivity contribution is 0.458. The van der Waals surface area contributed by atoms with Crippen LogP contribution in [0.2, 0.25) is 0 Å². The van der Waals surface area contributed by atoms with Gasteiger partial charge in [0.05, 0.1) is 0 Å². The molecule has 0 aromatic heterocycles. The van der Waals surface area contributed by atoms with E-state index in [0.717, 1.165) is 0 Å². The van der Waals surface area contributed by atoms with Gasteiger partial charge in [-0.1, -0.05) is 48.6 Å². The molecule has 4 aromatic carbocycles. The van der Waals surface area contributed by atoms with Gasteiger partial charge in [0.2, 0.25) is 0 Å². The molecule has 0 saturated carbocycles. The van der Waals surface area contributed by atoms with Crippen molar-refractivity contribution in [3.05, 3.63) is 54.1 Å². The normalized spacial score (nSPS) is 13.4. The van der Waals surface area contributed by atoms with Gasteiger partial charge in [-0.05, 0) is 35.1 Å². The van der Waals surface area contributed by atoms with Crippen LogP contribution in [0.4, 0.5) is 0 Å². The van der Waals surface area contributed by atoms with Crippen molar-refractivity contribution >= 4 is 62.7 Å². The van der Waals surface area contributed by atoms with Crippen LogP contribution >= 0.6 is 0 Å². The fourth-order valence-corrected chi connectivity index (χ4v) is 7.82. The SMILES string of the molecule is C=C(C)Cc1cc2cccc3ccc4c(S(=O)(=O)O)c(S(=O)(=O)O)c(S(=O)(=O)O)c1c4c32. The monoisotopic (exact) mass is 496 g/mol. The van der Waals surface area contributed by atoms with Crippen molar-refractivity contribution in [1.82, 2.24) is 0 Å². The summed E-state index contributed by atoms with van der Waals surface area (Å²) in [6.07, 6.45) is 0.0540. The van der Waals surface area contributed by atoms with E-state index in [1.54, 1.807) is 31.2 Å². The topological polar surface area (TPSA) is 163 Å². The Morgan fingerprint density at radius 1 is 0.750 bits per heavy atom. The average Bonchev–Trinajstić information content (AvgIpc) is 2.62. The van der Waals surface area contributed by atoms with Gasteiger partial charge in [-0.15, -0.1) is 0 Å². The number of rotatable bonds is 5. The van der Waals surface area contributed by atoms with Crippen molar-refractivity contribution in [2.75, 3.05) is 0 Å². The van der Waals surface area contributed by atoms with Crippen molar-refractivity contribution in [3.8, 4) is 0 Å². The van der Waals surface area contributed by atoms with Crippen molar-refractivity contribution in [3.63, 3.8) is 0 Å². The summed E-state index contributed by atoms with van der Waals surface area (Å²) in [5.41, 5.74) is 0.789. The third-order valence-electron chi connectivity index (χ3n) is 5.13. The van der Waals surface area contributed by atoms with E-state index in [0.29, 0.717) is 21.7 Å². The third-order valence-corrected chi connectivity index (χ3v) is 8.18. The Morgan fingerprint density at radius 3 is 1.84 bits per heavy atom. The number of hydrogen-bond acceptors (Lipinski definition) is 6. The maximum atomic E-state index is 12.4. The van der Waals surface area contributed by atoms with Crippen LogP contribution in [0.3, 0.4) is 0 Å². The highest BCUT2D eigenvalue weighted by Crippen LogP contribution is 2.46. The van der Waals surface area contributed by atoms with Crippen LogP contribution in [-0.2, 0) is 36.8 Å². The molecule has 0 saturated heterocycles. The smallest absolute Gasteiger partial charge is 0.282 e. The minimum Gasteiger partial charge on any atom is -0.282 e. The molecule has 0 unspecified atom stereocenters. The van der Waals surface area contributed by atoms with Crippen molar-refractivity contribution in [2.24, 2.45) is 0 Å². The van der Waals surface area contributed by atoms with Crippen molar-refractivity contribution < 1.29 is 38.9 Å². The lowest BCUT2D eigenvalue weighted by Crippen LogP contribution is -2.16. The summed E-state index contributed by atoms with van der Waals surface area (Å²) >= 11 is 0. The molecule has 0 bridgehead atoms. The Balaban J connectivity index is 2.58. The molecule has 0 radical (unpaired) electrons. The molecule has 0 atom stereocenters. The molecule has 0 aliphatic rings. The molecule has 3 N–H and O–H groups in total. The summed E-state index contributed by atoms with van der Waals surface area (Å²) in [6.45, 7) is 5.42. The van der Waals surface area contributed by atoms with Crippen LogP contribution in [0.5, 0.6) is 0 Å². The van der Waals surface area contributed by atoms with Crippen molar-refractivity contribution in [1.29, 1.82) is 0 Å². The van der Waals surface area contributed by atoms with E-state index >= 15 is 0 Å². The molecule has 32 heavy (non-hydrogen) atoms. The predicted octanol–water partition coefficient (Wildman–Crippen LogP) is 3.44. The Labute approximate surface area is 183 Å². The Morgan fingerprint density at radius 2 is 1.31 bits per heavy atom. The van der Waals surface area contributed by atoms with Crippen molar-refractivity contribution in [2.45, 2.75) is 28.0 Å². The van der Waals surface area contributed by atoms with E-state index < -0.39 is 45.0 Å². The second kappa shape index (κ2) is 6.94. The van der Waals surface area contributed by atoms with E-state index in [2.05, 4.69) is 6.58 Å². The van der Waals surface area contributed by atoms with Gasteiger partial charge in [-0.25, -0.2) is 0 Å². The molecule has 0 amide bonds. The minimum atomic E-state index is -5.57. The summed E-state index contributed by atoms with van der Waals surface area (Å²) in [6, 6.07) is 9.35. The van der Waals surface area contributed by atoms with E-state index in [-0.39, 0.29) is 28.1 Å². The van der Waals surface area contributed by atoms with Gasteiger partial charge in [-0.3, -0.25) is 13.7 Å². The van der Waals surface area contributed by atoms with Crippen LogP contribution < -0.4 is 0 Å². The molecule has 0 fully saturated rings. The van der Waals surface area contributed by atoms with E-state index in [9.17, 15) is 38.9 Å². The van der Waals surface area contributed by atoms with Crippen LogP contribution in [0.25, 0.3) is 32.3 Å². The second-order valence-electron chi connectivity index (χ2n) is 7.52. The van der Waals surface area contributed by atoms with Gasteiger partial charge in [0.1, 0.15) is 14.7 Å². The van der Waals surface area contributed by atoms with E-state index in [1.807, 2.05) is 0 Å². The molecule has 0 aliphatic carbocycles. The highest BCUT2D eigenvalue weighted by atomic mass is 32.2. The summed E-state index contributed by atoms with van der Waals surface area (Å²) < 4.78 is 104. The first-order chi connectivity index (χ1) is 14.6. The average molecular weight is 497 g/mol. The first-order valence-electron chi connectivity index (χ1n) is 8.95. The predicted molar refractivity (Wildman–Crippen MR) is 118 cm³/mol. The Hall–Kier alpha value is -2.61. The molecular weight excluding hydrogens is 480 g/mol. The lowest BCUT2D eigenvalue weighted by Gasteiger charge is -2.21. The summed E-state index contributed by atoms with van der Waals surface area (Å²) in [7, 11) is -16.4. The van der Waals surface area contributed by atoms with Gasteiger partial charge in [-0.2, -0.15) is 25.3 Å². The summed E-state index contributed by atoms with van der Waals surface area (Å²) in [4.78, 5) is -4.27. The molecule has 168 valence electrons. The quantitative estimate of drug-likeness (QED) is 0.213. The number of hydrogen-bond donors (Lipinski definition) is 3. The van der Waals surface area contributed by atoms with Crippen LogP contribution in [0.15, 0.2) is 63.2 Å². The van der Waals surface area contributed by atoms with Crippen LogP contribution in [0, 0.1) is 0 Å². The minimum absolute atomic E-state index is 0.00417. The first-order valence-corrected chi connectivity index (χ1v) is 13.3. The standard InChI is InChI=1S/C20H16O9S3/c1-10(2)8-13-9-12-5-3-4-11-6-7-14-17(15(11)12)16(13)19(31(24,25)26)20(32(27,28)29)18(14)30(21,22)23/h3-7,9H,1,8H2,2H3,(H,21,22,23)(H,24,25,26)(H,27,28,29).